The number of amides is 2. The maximum absolute atomic E-state index is 10.9. The number of primary amides is 1. The molecule has 0 aliphatic heterocycles. The van der Waals surface area contributed by atoms with Gasteiger partial charge in [0.15, 0.2) is 0 Å². The highest BCUT2D eigenvalue weighted by molar-refractivity contribution is 5.80. The third-order valence-corrected chi connectivity index (χ3v) is 1.20. The minimum atomic E-state index is -0.531. The number of carbonyl (C=O) groups excluding carboxylic acids is 2. The Balaban J connectivity index is 3.26. The minimum absolute atomic E-state index is 0.131. The Morgan fingerprint density at radius 3 is 2.62 bits per heavy atom. The fraction of sp³-hybridized carbons (Fsp3) is 0.714. The molecule has 0 aromatic rings. The molecule has 6 nitrogen and oxygen atoms in total. The molecule has 0 radical (unpaired) electrons. The van der Waals surface area contributed by atoms with Gasteiger partial charge in [0.25, 0.3) is 0 Å². The van der Waals surface area contributed by atoms with Crippen LogP contribution in [0.4, 0.5) is 0 Å². The van der Waals surface area contributed by atoms with Gasteiger partial charge < -0.3 is 21.5 Å². The predicted octanol–water partition coefficient (Wildman–Crippen LogP) is -2.05. The average molecular weight is 189 g/mol. The Morgan fingerprint density at radius 1 is 1.54 bits per heavy atom. The average Bonchev–Trinajstić information content (AvgIpc) is 2.02. The zero-order chi connectivity index (χ0) is 10.3. The van der Waals surface area contributed by atoms with E-state index in [2.05, 4.69) is 5.32 Å². The summed E-state index contributed by atoms with van der Waals surface area (Å²) in [4.78, 5) is 21.1. The summed E-state index contributed by atoms with van der Waals surface area (Å²) in [6.07, 6.45) is 0. The second-order valence-corrected chi connectivity index (χ2v) is 2.60. The molecule has 0 bridgehead atoms. The molecule has 0 aliphatic rings. The zero-order valence-corrected chi connectivity index (χ0v) is 7.58. The largest absolute Gasteiger partial charge is 0.370 e. The number of rotatable bonds is 6. The quantitative estimate of drug-likeness (QED) is 0.418. The summed E-state index contributed by atoms with van der Waals surface area (Å²) in [6, 6.07) is -0.531. The first-order chi connectivity index (χ1) is 6.04. The minimum Gasteiger partial charge on any atom is -0.370 e. The summed E-state index contributed by atoms with van der Waals surface area (Å²) < 4.78 is 4.80. The summed E-state index contributed by atoms with van der Waals surface area (Å²) in [6.45, 7) is 2.03. The van der Waals surface area contributed by atoms with Crippen LogP contribution in [0.15, 0.2) is 0 Å². The Labute approximate surface area is 76.6 Å². The molecule has 0 heterocycles. The van der Waals surface area contributed by atoms with Crippen LogP contribution in [0, 0.1) is 0 Å². The van der Waals surface area contributed by atoms with Gasteiger partial charge in [-0.15, -0.1) is 0 Å². The van der Waals surface area contributed by atoms with Gasteiger partial charge in [0.1, 0.15) is 6.61 Å². The standard InChI is InChI=1S/C7H15N3O3/c1-5(8)7(12)10-2-3-13-4-6(9)11/h5H,2-4,8H2,1H3,(H2,9,11)(H,10,12)/t5-/m0/s1. The normalized spacial score (nSPS) is 12.2. The molecular weight excluding hydrogens is 174 g/mol. The van der Waals surface area contributed by atoms with Crippen LogP contribution in [-0.4, -0.2) is 37.6 Å². The van der Waals surface area contributed by atoms with Crippen molar-refractivity contribution in [1.82, 2.24) is 5.32 Å². The third kappa shape index (κ3) is 7.23. The molecule has 0 fully saturated rings. The highest BCUT2D eigenvalue weighted by Crippen LogP contribution is 1.76. The highest BCUT2D eigenvalue weighted by Gasteiger charge is 2.04. The van der Waals surface area contributed by atoms with E-state index in [1.54, 1.807) is 6.92 Å². The van der Waals surface area contributed by atoms with Gasteiger partial charge in [-0.05, 0) is 6.92 Å². The number of ether oxygens (including phenoxy) is 1. The SMILES string of the molecule is C[C@H](N)C(=O)NCCOCC(N)=O. The molecule has 0 saturated carbocycles. The van der Waals surface area contributed by atoms with Crippen LogP contribution in [0.1, 0.15) is 6.92 Å². The first kappa shape index (κ1) is 11.9. The van der Waals surface area contributed by atoms with Gasteiger partial charge in [0.05, 0.1) is 12.6 Å². The summed E-state index contributed by atoms with van der Waals surface area (Å²) in [5.41, 5.74) is 10.1. The van der Waals surface area contributed by atoms with Crippen molar-refractivity contribution < 1.29 is 14.3 Å². The molecule has 13 heavy (non-hydrogen) atoms. The van der Waals surface area contributed by atoms with Crippen LogP contribution in [-0.2, 0) is 14.3 Å². The zero-order valence-electron chi connectivity index (χ0n) is 7.58. The Bertz CT molecular complexity index is 182. The van der Waals surface area contributed by atoms with E-state index in [1.807, 2.05) is 0 Å². The van der Waals surface area contributed by atoms with Gasteiger partial charge in [-0.3, -0.25) is 9.59 Å². The van der Waals surface area contributed by atoms with Crippen molar-refractivity contribution in [3.63, 3.8) is 0 Å². The number of nitrogens with one attached hydrogen (secondary N) is 1. The summed E-state index contributed by atoms with van der Waals surface area (Å²) in [5, 5.41) is 2.51. The Hall–Kier alpha value is -1.14. The number of nitrogens with two attached hydrogens (primary N) is 2. The lowest BCUT2D eigenvalue weighted by Gasteiger charge is -2.07. The van der Waals surface area contributed by atoms with Crippen molar-refractivity contribution >= 4 is 11.8 Å². The van der Waals surface area contributed by atoms with E-state index in [4.69, 9.17) is 16.2 Å². The van der Waals surface area contributed by atoms with Gasteiger partial charge in [-0.1, -0.05) is 0 Å². The summed E-state index contributed by atoms with van der Waals surface area (Å²) in [7, 11) is 0. The van der Waals surface area contributed by atoms with Crippen molar-refractivity contribution in [2.24, 2.45) is 11.5 Å². The predicted molar refractivity (Wildman–Crippen MR) is 46.7 cm³/mol. The summed E-state index contributed by atoms with van der Waals surface area (Å²) in [5.74, 6) is -0.777. The highest BCUT2D eigenvalue weighted by atomic mass is 16.5. The molecule has 0 aromatic heterocycles. The van der Waals surface area contributed by atoms with E-state index in [-0.39, 0.29) is 19.1 Å². The maximum Gasteiger partial charge on any atom is 0.243 e. The van der Waals surface area contributed by atoms with Crippen molar-refractivity contribution in [3.05, 3.63) is 0 Å². The second kappa shape index (κ2) is 6.38. The molecule has 1 atom stereocenters. The van der Waals surface area contributed by atoms with Gasteiger partial charge in [-0.2, -0.15) is 0 Å². The van der Waals surface area contributed by atoms with Crippen LogP contribution in [0.3, 0.4) is 0 Å². The molecule has 5 N–H and O–H groups in total. The fourth-order valence-electron chi connectivity index (χ4n) is 0.580. The van der Waals surface area contributed by atoms with Crippen molar-refractivity contribution in [1.29, 1.82) is 0 Å². The molecule has 0 saturated heterocycles. The molecule has 0 rings (SSSR count). The monoisotopic (exact) mass is 189 g/mol. The Morgan fingerprint density at radius 2 is 2.15 bits per heavy atom. The number of hydrogen-bond acceptors (Lipinski definition) is 4. The molecular formula is C7H15N3O3. The van der Waals surface area contributed by atoms with Crippen LogP contribution >= 0.6 is 0 Å². The van der Waals surface area contributed by atoms with E-state index in [0.717, 1.165) is 0 Å². The molecule has 6 heteroatoms. The molecule has 0 aromatic carbocycles. The van der Waals surface area contributed by atoms with Gasteiger partial charge in [0.2, 0.25) is 11.8 Å². The lowest BCUT2D eigenvalue weighted by Crippen LogP contribution is -2.39. The fourth-order valence-corrected chi connectivity index (χ4v) is 0.580. The smallest absolute Gasteiger partial charge is 0.243 e. The van der Waals surface area contributed by atoms with E-state index in [1.165, 1.54) is 0 Å². The first-order valence-corrected chi connectivity index (χ1v) is 3.93. The molecule has 76 valence electrons. The van der Waals surface area contributed by atoms with E-state index in [0.29, 0.717) is 6.54 Å². The Kier molecular flexibility index (Phi) is 5.82. The molecule has 2 amide bonds. The number of carbonyl (C=O) groups is 2. The molecule has 0 spiro atoms. The lowest BCUT2D eigenvalue weighted by molar-refractivity contribution is -0.123. The van der Waals surface area contributed by atoms with E-state index in [9.17, 15) is 9.59 Å². The van der Waals surface area contributed by atoms with E-state index < -0.39 is 11.9 Å². The lowest BCUT2D eigenvalue weighted by atomic mass is 10.3. The van der Waals surface area contributed by atoms with Gasteiger partial charge >= 0.3 is 0 Å². The van der Waals surface area contributed by atoms with Crippen LogP contribution in [0.5, 0.6) is 0 Å². The van der Waals surface area contributed by atoms with Crippen molar-refractivity contribution in [2.75, 3.05) is 19.8 Å². The van der Waals surface area contributed by atoms with Gasteiger partial charge in [-0.25, -0.2) is 0 Å². The second-order valence-electron chi connectivity index (χ2n) is 2.60. The van der Waals surface area contributed by atoms with Crippen molar-refractivity contribution in [2.45, 2.75) is 13.0 Å². The van der Waals surface area contributed by atoms with Crippen LogP contribution in [0.25, 0.3) is 0 Å². The topological polar surface area (TPSA) is 107 Å². The molecule has 0 unspecified atom stereocenters. The van der Waals surface area contributed by atoms with Crippen LogP contribution < -0.4 is 16.8 Å². The maximum atomic E-state index is 10.9. The first-order valence-electron chi connectivity index (χ1n) is 3.93. The van der Waals surface area contributed by atoms with Crippen LogP contribution in [0.2, 0.25) is 0 Å². The molecule has 0 aliphatic carbocycles. The van der Waals surface area contributed by atoms with Gasteiger partial charge in [0, 0.05) is 6.54 Å². The number of hydrogen-bond donors (Lipinski definition) is 3. The summed E-state index contributed by atoms with van der Waals surface area (Å²) >= 11 is 0. The van der Waals surface area contributed by atoms with E-state index >= 15 is 0 Å². The van der Waals surface area contributed by atoms with Crippen molar-refractivity contribution in [3.8, 4) is 0 Å². The third-order valence-electron chi connectivity index (χ3n) is 1.20.